The second-order valence-corrected chi connectivity index (χ2v) is 4.26. The van der Waals surface area contributed by atoms with Gasteiger partial charge in [-0.15, -0.1) is 0 Å². The molecule has 2 N–H and O–H groups in total. The van der Waals surface area contributed by atoms with E-state index in [9.17, 15) is 13.6 Å². The standard InChI is InChI=1S/C13H19F2N3O/c1-4-18(5-2)12(19)8-17(3)13-10(14)6-9(16)7-11(13)15/h6-7H,4-5,8,16H2,1-3H3. The Hall–Kier alpha value is -1.85. The molecule has 0 atom stereocenters. The molecule has 106 valence electrons. The van der Waals surface area contributed by atoms with Crippen LogP contribution in [-0.4, -0.2) is 37.5 Å². The minimum Gasteiger partial charge on any atom is -0.399 e. The lowest BCUT2D eigenvalue weighted by atomic mass is 10.2. The van der Waals surface area contributed by atoms with Crippen molar-refractivity contribution in [3.63, 3.8) is 0 Å². The van der Waals surface area contributed by atoms with Crippen LogP contribution in [0.3, 0.4) is 0 Å². The minimum absolute atomic E-state index is 0.0159. The Kier molecular flexibility index (Phi) is 5.09. The Balaban J connectivity index is 2.90. The Labute approximate surface area is 111 Å². The predicted molar refractivity (Wildman–Crippen MR) is 72.0 cm³/mol. The minimum atomic E-state index is -0.771. The molecule has 0 saturated carbocycles. The molecule has 4 nitrogen and oxygen atoms in total. The molecule has 0 fully saturated rings. The lowest BCUT2D eigenvalue weighted by Crippen LogP contribution is -2.39. The summed E-state index contributed by atoms with van der Waals surface area (Å²) in [6.07, 6.45) is 0. The fourth-order valence-electron chi connectivity index (χ4n) is 1.91. The number of likely N-dealkylation sites (N-methyl/N-ethyl adjacent to an activating group) is 2. The first-order valence-corrected chi connectivity index (χ1v) is 6.14. The topological polar surface area (TPSA) is 49.6 Å². The Morgan fingerprint density at radius 2 is 1.68 bits per heavy atom. The third-order valence-electron chi connectivity index (χ3n) is 2.91. The highest BCUT2D eigenvalue weighted by Crippen LogP contribution is 2.24. The van der Waals surface area contributed by atoms with E-state index in [0.717, 1.165) is 12.1 Å². The van der Waals surface area contributed by atoms with Crippen LogP contribution < -0.4 is 10.6 Å². The molecule has 0 radical (unpaired) electrons. The number of rotatable bonds is 5. The van der Waals surface area contributed by atoms with E-state index >= 15 is 0 Å². The number of anilines is 2. The number of amides is 1. The largest absolute Gasteiger partial charge is 0.399 e. The number of hydrogen-bond donors (Lipinski definition) is 1. The molecule has 0 aromatic heterocycles. The third kappa shape index (κ3) is 3.56. The van der Waals surface area contributed by atoms with Gasteiger partial charge in [-0.1, -0.05) is 0 Å². The number of nitrogen functional groups attached to an aromatic ring is 1. The van der Waals surface area contributed by atoms with Crippen LogP contribution in [0.25, 0.3) is 0 Å². The van der Waals surface area contributed by atoms with Gasteiger partial charge in [-0.25, -0.2) is 8.78 Å². The molecule has 19 heavy (non-hydrogen) atoms. The molecule has 0 bridgehead atoms. The molecule has 0 saturated heterocycles. The SMILES string of the molecule is CCN(CC)C(=O)CN(C)c1c(F)cc(N)cc1F. The highest BCUT2D eigenvalue weighted by atomic mass is 19.1. The molecule has 0 aliphatic heterocycles. The third-order valence-corrected chi connectivity index (χ3v) is 2.91. The van der Waals surface area contributed by atoms with Crippen molar-refractivity contribution in [1.82, 2.24) is 4.90 Å². The van der Waals surface area contributed by atoms with Gasteiger partial charge >= 0.3 is 0 Å². The van der Waals surface area contributed by atoms with Crippen LogP contribution in [0, 0.1) is 11.6 Å². The zero-order chi connectivity index (χ0) is 14.6. The average molecular weight is 271 g/mol. The monoisotopic (exact) mass is 271 g/mol. The smallest absolute Gasteiger partial charge is 0.242 e. The van der Waals surface area contributed by atoms with E-state index in [1.807, 2.05) is 13.8 Å². The summed E-state index contributed by atoms with van der Waals surface area (Å²) in [5.74, 6) is -1.72. The zero-order valence-electron chi connectivity index (χ0n) is 11.4. The number of hydrogen-bond acceptors (Lipinski definition) is 3. The van der Waals surface area contributed by atoms with Gasteiger partial charge in [0.2, 0.25) is 5.91 Å². The van der Waals surface area contributed by atoms with Crippen molar-refractivity contribution in [1.29, 1.82) is 0 Å². The number of benzene rings is 1. The Morgan fingerprint density at radius 3 is 2.11 bits per heavy atom. The van der Waals surface area contributed by atoms with Gasteiger partial charge < -0.3 is 15.5 Å². The molecule has 0 spiro atoms. The van der Waals surface area contributed by atoms with Gasteiger partial charge in [0.05, 0.1) is 6.54 Å². The number of carbonyl (C=O) groups excluding carboxylic acids is 1. The van der Waals surface area contributed by atoms with E-state index in [2.05, 4.69) is 0 Å². The van der Waals surface area contributed by atoms with Gasteiger partial charge in [-0.2, -0.15) is 0 Å². The van der Waals surface area contributed by atoms with E-state index in [1.54, 1.807) is 4.90 Å². The van der Waals surface area contributed by atoms with Gasteiger partial charge in [0.25, 0.3) is 0 Å². The summed E-state index contributed by atoms with van der Waals surface area (Å²) in [6.45, 7) is 4.75. The lowest BCUT2D eigenvalue weighted by molar-refractivity contribution is -0.129. The molecular weight excluding hydrogens is 252 g/mol. The second-order valence-electron chi connectivity index (χ2n) is 4.26. The van der Waals surface area contributed by atoms with Gasteiger partial charge in [0.1, 0.15) is 5.69 Å². The molecule has 0 heterocycles. The van der Waals surface area contributed by atoms with Gasteiger partial charge in [0.15, 0.2) is 11.6 Å². The van der Waals surface area contributed by atoms with Crippen molar-refractivity contribution in [3.8, 4) is 0 Å². The van der Waals surface area contributed by atoms with Crippen LogP contribution in [-0.2, 0) is 4.79 Å². The number of carbonyl (C=O) groups is 1. The van der Waals surface area contributed by atoms with E-state index in [0.29, 0.717) is 13.1 Å². The molecule has 0 unspecified atom stereocenters. The first-order valence-electron chi connectivity index (χ1n) is 6.14. The van der Waals surface area contributed by atoms with Crippen LogP contribution in [0.15, 0.2) is 12.1 Å². The lowest BCUT2D eigenvalue weighted by Gasteiger charge is -2.25. The molecule has 1 aromatic rings. The van der Waals surface area contributed by atoms with Gasteiger partial charge in [-0.05, 0) is 26.0 Å². The molecule has 1 rings (SSSR count). The van der Waals surface area contributed by atoms with Crippen LogP contribution in [0.5, 0.6) is 0 Å². The fraction of sp³-hybridized carbons (Fsp3) is 0.462. The van der Waals surface area contributed by atoms with Crippen LogP contribution in [0.2, 0.25) is 0 Å². The van der Waals surface area contributed by atoms with E-state index in [1.165, 1.54) is 11.9 Å². The summed E-state index contributed by atoms with van der Waals surface area (Å²) in [7, 11) is 1.47. The summed E-state index contributed by atoms with van der Waals surface area (Å²) in [5.41, 5.74) is 5.12. The van der Waals surface area contributed by atoms with E-state index in [-0.39, 0.29) is 23.8 Å². The zero-order valence-corrected chi connectivity index (χ0v) is 11.4. The summed E-state index contributed by atoms with van der Waals surface area (Å²) < 4.78 is 27.4. The second kappa shape index (κ2) is 6.36. The molecule has 6 heteroatoms. The van der Waals surface area contributed by atoms with E-state index in [4.69, 9.17) is 5.73 Å². The Morgan fingerprint density at radius 1 is 1.21 bits per heavy atom. The van der Waals surface area contributed by atoms with Gasteiger partial charge in [-0.3, -0.25) is 4.79 Å². The Bertz CT molecular complexity index is 438. The maximum absolute atomic E-state index is 13.7. The normalized spacial score (nSPS) is 10.4. The molecule has 1 amide bonds. The summed E-state index contributed by atoms with van der Waals surface area (Å²) in [4.78, 5) is 14.7. The van der Waals surface area contributed by atoms with Crippen LogP contribution in [0.1, 0.15) is 13.8 Å². The van der Waals surface area contributed by atoms with Crippen molar-refractivity contribution in [2.75, 3.05) is 37.3 Å². The van der Waals surface area contributed by atoms with Crippen LogP contribution >= 0.6 is 0 Å². The van der Waals surface area contributed by atoms with Gasteiger partial charge in [0, 0.05) is 25.8 Å². The highest BCUT2D eigenvalue weighted by molar-refractivity contribution is 5.81. The summed E-state index contributed by atoms with van der Waals surface area (Å²) in [5, 5.41) is 0. The fourth-order valence-corrected chi connectivity index (χ4v) is 1.91. The first-order chi connectivity index (χ1) is 8.90. The number of nitrogens with zero attached hydrogens (tertiary/aromatic N) is 2. The maximum atomic E-state index is 13.7. The van der Waals surface area contributed by atoms with Crippen molar-refractivity contribution in [2.24, 2.45) is 0 Å². The number of nitrogens with two attached hydrogens (primary N) is 1. The maximum Gasteiger partial charge on any atom is 0.242 e. The van der Waals surface area contributed by atoms with Crippen molar-refractivity contribution < 1.29 is 13.6 Å². The summed E-state index contributed by atoms with van der Waals surface area (Å²) in [6, 6.07) is 2.08. The van der Waals surface area contributed by atoms with Crippen molar-refractivity contribution in [3.05, 3.63) is 23.8 Å². The summed E-state index contributed by atoms with van der Waals surface area (Å²) >= 11 is 0. The molecule has 1 aromatic carbocycles. The van der Waals surface area contributed by atoms with Crippen molar-refractivity contribution in [2.45, 2.75) is 13.8 Å². The molecule has 0 aliphatic carbocycles. The average Bonchev–Trinajstić information content (AvgIpc) is 2.28. The molecule has 0 aliphatic rings. The van der Waals surface area contributed by atoms with Crippen molar-refractivity contribution >= 4 is 17.3 Å². The first kappa shape index (κ1) is 15.2. The highest BCUT2D eigenvalue weighted by Gasteiger charge is 2.19. The predicted octanol–water partition coefficient (Wildman–Crippen LogP) is 1.85. The van der Waals surface area contributed by atoms with Crippen LogP contribution in [0.4, 0.5) is 20.2 Å². The number of halogens is 2. The quantitative estimate of drug-likeness (QED) is 0.831. The molecular formula is C13H19F2N3O. The van der Waals surface area contributed by atoms with E-state index < -0.39 is 11.6 Å².